The number of amides is 2. The molecule has 4 aliphatic rings. The first-order valence-electron chi connectivity index (χ1n) is 12.3. The molecule has 1 aromatic rings. The van der Waals surface area contributed by atoms with Gasteiger partial charge in [0.1, 0.15) is 6.04 Å². The van der Waals surface area contributed by atoms with Gasteiger partial charge in [0.15, 0.2) is 23.7 Å². The maximum atomic E-state index is 13.6. The van der Waals surface area contributed by atoms with Gasteiger partial charge in [0.2, 0.25) is 17.6 Å². The molecular formula is C23H23F6N7O6. The molecule has 2 saturated heterocycles. The molecule has 5 atom stereocenters. The third kappa shape index (κ3) is 4.29. The average molecular weight is 607 g/mol. The number of hydrogen-bond donors (Lipinski definition) is 5. The van der Waals surface area contributed by atoms with Gasteiger partial charge in [0, 0.05) is 12.3 Å². The Morgan fingerprint density at radius 1 is 1.14 bits per heavy atom. The van der Waals surface area contributed by atoms with E-state index in [2.05, 4.69) is 15.3 Å². The zero-order valence-electron chi connectivity index (χ0n) is 21.4. The number of carbonyl (C=O) groups is 3. The Kier molecular flexibility index (Phi) is 6.42. The number of nitrogens with one attached hydrogen (secondary N) is 1. The lowest BCUT2D eigenvalue weighted by Gasteiger charge is -2.48. The van der Waals surface area contributed by atoms with Crippen LogP contribution >= 0.6 is 0 Å². The lowest BCUT2D eigenvalue weighted by atomic mass is 9.85. The third-order valence-corrected chi connectivity index (χ3v) is 7.71. The van der Waals surface area contributed by atoms with Crippen LogP contribution in [-0.2, 0) is 26.7 Å². The predicted molar refractivity (Wildman–Crippen MR) is 127 cm³/mol. The van der Waals surface area contributed by atoms with Crippen molar-refractivity contribution in [2.45, 2.75) is 55.3 Å². The second-order valence-corrected chi connectivity index (χ2v) is 10.3. The molecule has 3 unspecified atom stereocenters. The molecule has 0 saturated carbocycles. The maximum Gasteiger partial charge on any atom is 0.417 e. The molecule has 228 valence electrons. The van der Waals surface area contributed by atoms with Crippen molar-refractivity contribution in [2.75, 3.05) is 13.1 Å². The summed E-state index contributed by atoms with van der Waals surface area (Å²) in [6, 6.07) is -2.48. The Labute approximate surface area is 231 Å². The van der Waals surface area contributed by atoms with Crippen LogP contribution in [0.2, 0.25) is 0 Å². The fourth-order valence-corrected chi connectivity index (χ4v) is 5.73. The number of nitrogens with zero attached hydrogens (tertiary/aromatic N) is 4. The SMILES string of the molecule is CC1CC(=O)N(CC2N=C(N)N3CC(OC(=O)c4cc(C(F)(F)F)ccc4C(F)(F)F)C(O)(O)[C@@]34NC(N)=N[C@@H]24)C1=O. The smallest absolute Gasteiger partial charge is 0.417 e. The van der Waals surface area contributed by atoms with E-state index in [0.29, 0.717) is 0 Å². The lowest BCUT2D eigenvalue weighted by Crippen LogP contribution is -2.77. The van der Waals surface area contributed by atoms with Gasteiger partial charge in [-0.05, 0) is 18.2 Å². The number of alkyl halides is 6. The molecule has 42 heavy (non-hydrogen) atoms. The highest BCUT2D eigenvalue weighted by Crippen LogP contribution is 2.46. The molecule has 5 rings (SSSR count). The summed E-state index contributed by atoms with van der Waals surface area (Å²) in [5.74, 6) is -7.69. The van der Waals surface area contributed by atoms with Gasteiger partial charge in [-0.15, -0.1) is 0 Å². The largest absolute Gasteiger partial charge is 0.451 e. The van der Waals surface area contributed by atoms with E-state index < -0.39 is 101 Å². The Morgan fingerprint density at radius 3 is 2.38 bits per heavy atom. The van der Waals surface area contributed by atoms with Crippen LogP contribution < -0.4 is 16.8 Å². The number of rotatable bonds is 4. The molecule has 0 aliphatic carbocycles. The van der Waals surface area contributed by atoms with Gasteiger partial charge in [0.25, 0.3) is 0 Å². The summed E-state index contributed by atoms with van der Waals surface area (Å²) in [4.78, 5) is 48.0. The molecule has 1 spiro atoms. The fourth-order valence-electron chi connectivity index (χ4n) is 5.73. The van der Waals surface area contributed by atoms with Gasteiger partial charge in [-0.3, -0.25) is 14.5 Å². The van der Waals surface area contributed by atoms with E-state index in [1.54, 1.807) is 0 Å². The van der Waals surface area contributed by atoms with Crippen LogP contribution in [0.4, 0.5) is 26.3 Å². The monoisotopic (exact) mass is 607 g/mol. The first-order valence-corrected chi connectivity index (χ1v) is 12.3. The Hall–Kier alpha value is -4.13. The van der Waals surface area contributed by atoms with Gasteiger partial charge in [-0.1, -0.05) is 6.92 Å². The molecular weight excluding hydrogens is 584 g/mol. The van der Waals surface area contributed by atoms with Crippen molar-refractivity contribution < 1.29 is 55.7 Å². The van der Waals surface area contributed by atoms with Crippen molar-refractivity contribution in [3.05, 3.63) is 34.9 Å². The van der Waals surface area contributed by atoms with Crippen LogP contribution in [0.15, 0.2) is 28.2 Å². The van der Waals surface area contributed by atoms with E-state index in [4.69, 9.17) is 16.2 Å². The minimum atomic E-state index is -5.27. The van der Waals surface area contributed by atoms with Gasteiger partial charge < -0.3 is 36.6 Å². The molecule has 7 N–H and O–H groups in total. The average Bonchev–Trinajstić information content (AvgIpc) is 3.43. The number of nitrogens with two attached hydrogens (primary N) is 2. The molecule has 0 aromatic heterocycles. The van der Waals surface area contributed by atoms with Gasteiger partial charge in [0.05, 0.1) is 35.8 Å². The molecule has 19 heteroatoms. The molecule has 2 amide bonds. The summed E-state index contributed by atoms with van der Waals surface area (Å²) in [6.45, 7) is 0.402. The lowest BCUT2D eigenvalue weighted by molar-refractivity contribution is -0.256. The maximum absolute atomic E-state index is 13.6. The summed E-state index contributed by atoms with van der Waals surface area (Å²) >= 11 is 0. The number of benzene rings is 1. The van der Waals surface area contributed by atoms with Crippen LogP contribution in [0.1, 0.15) is 34.8 Å². The number of imide groups is 1. The van der Waals surface area contributed by atoms with Crippen LogP contribution in [-0.4, -0.2) is 92.4 Å². The molecule has 1 aromatic carbocycles. The highest BCUT2D eigenvalue weighted by molar-refractivity contribution is 6.03. The zero-order valence-corrected chi connectivity index (χ0v) is 21.4. The highest BCUT2D eigenvalue weighted by atomic mass is 19.4. The molecule has 0 radical (unpaired) electrons. The zero-order chi connectivity index (χ0) is 31.2. The van der Waals surface area contributed by atoms with E-state index in [0.717, 1.165) is 9.80 Å². The van der Waals surface area contributed by atoms with Crippen molar-refractivity contribution in [1.29, 1.82) is 0 Å². The van der Waals surface area contributed by atoms with Crippen LogP contribution in [0.5, 0.6) is 0 Å². The summed E-state index contributed by atoms with van der Waals surface area (Å²) in [7, 11) is 0. The molecule has 2 fully saturated rings. The second-order valence-electron chi connectivity index (χ2n) is 10.3. The van der Waals surface area contributed by atoms with Gasteiger partial charge in [-0.2, -0.15) is 26.3 Å². The number of aliphatic imine (C=N–C) groups is 2. The van der Waals surface area contributed by atoms with Crippen molar-refractivity contribution in [3.8, 4) is 0 Å². The number of aliphatic hydroxyl groups is 2. The Balaban J connectivity index is 1.49. The van der Waals surface area contributed by atoms with E-state index in [1.807, 2.05) is 0 Å². The molecule has 13 nitrogen and oxygen atoms in total. The standard InChI is InChI=1S/C23H23F6N7O6/c1-8-4-14(37)35(16(8)38)6-12-15-20(34-18(30)33-15)21(40,41)13(7-36(20)19(31)32-12)42-17(39)10-5-9(22(24,25)26)2-3-11(10)23(27,28)29/h2-3,5,8,12-13,15,40-41H,4,6-7H2,1H3,(H2,31,32)(H3,30,33,34)/t8?,12?,13?,15-,20-/m0/s1. The van der Waals surface area contributed by atoms with Crippen molar-refractivity contribution >= 4 is 29.7 Å². The van der Waals surface area contributed by atoms with E-state index in [9.17, 15) is 50.9 Å². The van der Waals surface area contributed by atoms with Crippen molar-refractivity contribution in [3.63, 3.8) is 0 Å². The van der Waals surface area contributed by atoms with E-state index >= 15 is 0 Å². The molecule has 4 heterocycles. The Morgan fingerprint density at radius 2 is 1.81 bits per heavy atom. The normalized spacial score (nSPS) is 30.5. The predicted octanol–water partition coefficient (Wildman–Crippen LogP) is -0.679. The topological polar surface area (TPSA) is 196 Å². The highest BCUT2D eigenvalue weighted by Gasteiger charge is 2.74. The molecule has 0 bridgehead atoms. The number of halogens is 6. The van der Waals surface area contributed by atoms with Crippen molar-refractivity contribution in [2.24, 2.45) is 27.4 Å². The van der Waals surface area contributed by atoms with Crippen LogP contribution in [0, 0.1) is 5.92 Å². The minimum absolute atomic E-state index is 0.0568. The first-order chi connectivity index (χ1) is 19.3. The number of carbonyl (C=O) groups excluding carboxylic acids is 3. The van der Waals surface area contributed by atoms with E-state index in [1.165, 1.54) is 6.92 Å². The van der Waals surface area contributed by atoms with Crippen LogP contribution in [0.3, 0.4) is 0 Å². The fraction of sp³-hybridized carbons (Fsp3) is 0.522. The summed E-state index contributed by atoms with van der Waals surface area (Å²) < 4.78 is 85.5. The number of likely N-dealkylation sites (tertiary alicyclic amines) is 1. The number of esters is 1. The van der Waals surface area contributed by atoms with Crippen LogP contribution in [0.25, 0.3) is 0 Å². The van der Waals surface area contributed by atoms with E-state index in [-0.39, 0.29) is 30.6 Å². The number of ether oxygens (including phenoxy) is 1. The van der Waals surface area contributed by atoms with Crippen molar-refractivity contribution in [1.82, 2.24) is 15.1 Å². The summed E-state index contributed by atoms with van der Waals surface area (Å²) in [6.07, 6.45) is -12.6. The summed E-state index contributed by atoms with van der Waals surface area (Å²) in [5.41, 5.74) is 4.78. The minimum Gasteiger partial charge on any atom is -0.451 e. The Bertz CT molecular complexity index is 1430. The number of hydrogen-bond acceptors (Lipinski definition) is 12. The quantitative estimate of drug-likeness (QED) is 0.127. The first kappa shape index (κ1) is 29.4. The second kappa shape index (κ2) is 9.18. The van der Waals surface area contributed by atoms with Gasteiger partial charge >= 0.3 is 18.3 Å². The van der Waals surface area contributed by atoms with Gasteiger partial charge in [-0.25, -0.2) is 14.8 Å². The summed E-state index contributed by atoms with van der Waals surface area (Å²) in [5, 5.41) is 25.3. The third-order valence-electron chi connectivity index (χ3n) is 7.71. The molecule has 4 aliphatic heterocycles. The number of guanidine groups is 2.